The summed E-state index contributed by atoms with van der Waals surface area (Å²) in [6.07, 6.45) is 8.78. The Kier molecular flexibility index (Phi) is 12.3. The Balaban J connectivity index is 0.00000441. The van der Waals surface area contributed by atoms with Gasteiger partial charge in [-0.15, -0.1) is 0 Å². The van der Waals surface area contributed by atoms with Crippen LogP contribution in [0.3, 0.4) is 0 Å². The van der Waals surface area contributed by atoms with Gasteiger partial charge in [-0.1, -0.05) is 32.6 Å². The molecule has 0 bridgehead atoms. The molecule has 1 aliphatic heterocycles. The number of unbranched alkanes of at least 4 members (excludes halogenated alkanes) is 4. The first kappa shape index (κ1) is 21.2. The van der Waals surface area contributed by atoms with Crippen LogP contribution in [0.15, 0.2) is 0 Å². The summed E-state index contributed by atoms with van der Waals surface area (Å²) in [5.41, 5.74) is 5.42. The highest BCUT2D eigenvalue weighted by molar-refractivity contribution is 7.59. The number of hydrogen-bond donors (Lipinski definition) is 2. The van der Waals surface area contributed by atoms with Gasteiger partial charge >= 0.3 is 0 Å². The summed E-state index contributed by atoms with van der Waals surface area (Å²) >= 11 is 0. The summed E-state index contributed by atoms with van der Waals surface area (Å²) < 4.78 is 0. The minimum atomic E-state index is -0.258. The second-order valence-corrected chi connectivity index (χ2v) is 5.84. The average molecular weight is 332 g/mol. The van der Waals surface area contributed by atoms with Gasteiger partial charge in [-0.2, -0.15) is 13.5 Å². The Morgan fingerprint density at radius 1 is 1.18 bits per heavy atom. The molecule has 2 amide bonds. The van der Waals surface area contributed by atoms with Gasteiger partial charge < -0.3 is 16.0 Å². The number of nitrogens with two attached hydrogens (primary N) is 1. The van der Waals surface area contributed by atoms with Crippen LogP contribution in [0.2, 0.25) is 0 Å². The Bertz CT molecular complexity index is 327. The topological polar surface area (TPSA) is 75.4 Å². The molecule has 1 saturated heterocycles. The van der Waals surface area contributed by atoms with Crippen molar-refractivity contribution in [2.45, 2.75) is 70.8 Å². The number of carbonyl (C=O) groups is 2. The molecule has 5 nitrogen and oxygen atoms in total. The Morgan fingerprint density at radius 2 is 1.91 bits per heavy atom. The maximum atomic E-state index is 12.2. The first-order valence-corrected chi connectivity index (χ1v) is 8.48. The number of hydrogen-bond acceptors (Lipinski definition) is 3. The molecule has 3 N–H and O–H groups in total. The second kappa shape index (κ2) is 12.8. The molecule has 1 aliphatic rings. The summed E-state index contributed by atoms with van der Waals surface area (Å²) in [6.45, 7) is 4.09. The quantitative estimate of drug-likeness (QED) is 0.601. The molecular formula is C16H33N3O2S. The van der Waals surface area contributed by atoms with Crippen molar-refractivity contribution in [3.8, 4) is 0 Å². The van der Waals surface area contributed by atoms with E-state index >= 15 is 0 Å². The van der Waals surface area contributed by atoms with Gasteiger partial charge in [0.1, 0.15) is 6.04 Å². The summed E-state index contributed by atoms with van der Waals surface area (Å²) in [5, 5.41) is 2.88. The number of nitrogens with zero attached hydrogens (tertiary/aromatic N) is 1. The summed E-state index contributed by atoms with van der Waals surface area (Å²) in [6, 6.07) is -0.258. The van der Waals surface area contributed by atoms with Crippen LogP contribution < -0.4 is 11.1 Å². The third-order valence-corrected chi connectivity index (χ3v) is 4.05. The third kappa shape index (κ3) is 7.49. The van der Waals surface area contributed by atoms with Crippen molar-refractivity contribution in [2.24, 2.45) is 5.73 Å². The van der Waals surface area contributed by atoms with Crippen LogP contribution in [-0.4, -0.2) is 42.4 Å². The SMILES string of the molecule is CCCCCCCC(=O)N1CCCC1C(=O)NCCCN.S. The minimum Gasteiger partial charge on any atom is -0.354 e. The molecule has 1 fully saturated rings. The Labute approximate surface area is 141 Å². The molecular weight excluding hydrogens is 298 g/mol. The van der Waals surface area contributed by atoms with Crippen LogP contribution in [0.5, 0.6) is 0 Å². The first-order chi connectivity index (χ1) is 10.2. The van der Waals surface area contributed by atoms with E-state index in [1.54, 1.807) is 4.90 Å². The fourth-order valence-corrected chi connectivity index (χ4v) is 2.79. The van der Waals surface area contributed by atoms with Gasteiger partial charge in [0, 0.05) is 19.5 Å². The fourth-order valence-electron chi connectivity index (χ4n) is 2.79. The van der Waals surface area contributed by atoms with Gasteiger partial charge in [-0.25, -0.2) is 0 Å². The lowest BCUT2D eigenvalue weighted by molar-refractivity contribution is -0.138. The van der Waals surface area contributed by atoms with E-state index in [9.17, 15) is 9.59 Å². The van der Waals surface area contributed by atoms with E-state index in [0.717, 1.165) is 38.6 Å². The van der Waals surface area contributed by atoms with Crippen LogP contribution in [-0.2, 0) is 9.59 Å². The highest BCUT2D eigenvalue weighted by atomic mass is 32.1. The van der Waals surface area contributed by atoms with Crippen LogP contribution in [0.25, 0.3) is 0 Å². The number of rotatable bonds is 10. The lowest BCUT2D eigenvalue weighted by Crippen LogP contribution is -2.46. The number of carbonyl (C=O) groups excluding carboxylic acids is 2. The molecule has 0 radical (unpaired) electrons. The molecule has 22 heavy (non-hydrogen) atoms. The molecule has 130 valence electrons. The smallest absolute Gasteiger partial charge is 0.242 e. The van der Waals surface area contributed by atoms with Crippen LogP contribution in [0.1, 0.15) is 64.7 Å². The van der Waals surface area contributed by atoms with Crippen molar-refractivity contribution in [1.29, 1.82) is 0 Å². The maximum Gasteiger partial charge on any atom is 0.242 e. The highest BCUT2D eigenvalue weighted by Gasteiger charge is 2.33. The van der Waals surface area contributed by atoms with Crippen molar-refractivity contribution < 1.29 is 9.59 Å². The molecule has 1 unspecified atom stereocenters. The zero-order chi connectivity index (χ0) is 15.5. The third-order valence-electron chi connectivity index (χ3n) is 4.05. The first-order valence-electron chi connectivity index (χ1n) is 8.48. The predicted octanol–water partition coefficient (Wildman–Crippen LogP) is 1.92. The molecule has 1 heterocycles. The van der Waals surface area contributed by atoms with Crippen molar-refractivity contribution in [3.63, 3.8) is 0 Å². The molecule has 6 heteroatoms. The summed E-state index contributed by atoms with van der Waals surface area (Å²) in [7, 11) is 0. The van der Waals surface area contributed by atoms with Crippen molar-refractivity contribution in [1.82, 2.24) is 10.2 Å². The van der Waals surface area contributed by atoms with E-state index in [1.807, 2.05) is 0 Å². The van der Waals surface area contributed by atoms with E-state index in [4.69, 9.17) is 5.73 Å². The van der Waals surface area contributed by atoms with Crippen LogP contribution in [0, 0.1) is 0 Å². The predicted molar refractivity (Wildman–Crippen MR) is 95.2 cm³/mol. The zero-order valence-corrected chi connectivity index (χ0v) is 14.9. The number of nitrogens with one attached hydrogen (secondary N) is 1. The molecule has 0 aromatic rings. The van der Waals surface area contributed by atoms with E-state index in [-0.39, 0.29) is 31.4 Å². The van der Waals surface area contributed by atoms with E-state index < -0.39 is 0 Å². The summed E-state index contributed by atoms with van der Waals surface area (Å²) in [4.78, 5) is 26.1. The van der Waals surface area contributed by atoms with Gasteiger partial charge in [-0.05, 0) is 32.2 Å². The lowest BCUT2D eigenvalue weighted by atomic mass is 10.1. The number of amides is 2. The monoisotopic (exact) mass is 331 g/mol. The minimum absolute atomic E-state index is 0. The van der Waals surface area contributed by atoms with Crippen LogP contribution in [0.4, 0.5) is 0 Å². The largest absolute Gasteiger partial charge is 0.354 e. The molecule has 0 aliphatic carbocycles. The van der Waals surface area contributed by atoms with Gasteiger partial charge in [0.25, 0.3) is 0 Å². The van der Waals surface area contributed by atoms with Crippen molar-refractivity contribution in [2.75, 3.05) is 19.6 Å². The van der Waals surface area contributed by atoms with Gasteiger partial charge in [-0.3, -0.25) is 9.59 Å². The van der Waals surface area contributed by atoms with E-state index in [2.05, 4.69) is 12.2 Å². The second-order valence-electron chi connectivity index (χ2n) is 5.84. The fraction of sp³-hybridized carbons (Fsp3) is 0.875. The summed E-state index contributed by atoms with van der Waals surface area (Å²) in [5.74, 6) is 0.128. The van der Waals surface area contributed by atoms with Gasteiger partial charge in [0.2, 0.25) is 11.8 Å². The molecule has 1 rings (SSSR count). The normalized spacial score (nSPS) is 17.2. The van der Waals surface area contributed by atoms with Crippen molar-refractivity contribution >= 4 is 25.3 Å². The molecule has 0 saturated carbocycles. The van der Waals surface area contributed by atoms with E-state index in [1.165, 1.54) is 19.3 Å². The number of likely N-dealkylation sites (tertiary alicyclic amines) is 1. The molecule has 0 aromatic heterocycles. The standard InChI is InChI=1S/C16H31N3O2.H2S/c1-2-3-4-5-6-10-15(20)19-13-7-9-14(19)16(21)18-12-8-11-17;/h14H,2-13,17H2,1H3,(H,18,21);1H2. The highest BCUT2D eigenvalue weighted by Crippen LogP contribution is 2.19. The Morgan fingerprint density at radius 3 is 2.59 bits per heavy atom. The van der Waals surface area contributed by atoms with Gasteiger partial charge in [0.05, 0.1) is 0 Å². The van der Waals surface area contributed by atoms with Crippen LogP contribution >= 0.6 is 13.5 Å². The lowest BCUT2D eigenvalue weighted by Gasteiger charge is -2.24. The average Bonchev–Trinajstić information content (AvgIpc) is 2.96. The molecule has 0 spiro atoms. The van der Waals surface area contributed by atoms with Crippen molar-refractivity contribution in [3.05, 3.63) is 0 Å². The Hall–Kier alpha value is -0.750. The van der Waals surface area contributed by atoms with Gasteiger partial charge in [0.15, 0.2) is 0 Å². The molecule has 0 aromatic carbocycles. The maximum absolute atomic E-state index is 12.2. The molecule has 1 atom stereocenters. The zero-order valence-electron chi connectivity index (χ0n) is 13.9. The van der Waals surface area contributed by atoms with E-state index in [0.29, 0.717) is 19.5 Å².